The minimum atomic E-state index is -4.81. The molecule has 4 aliphatic carbocycles. The van der Waals surface area contributed by atoms with Crippen LogP contribution in [0, 0.1) is 17.8 Å². The lowest BCUT2D eigenvalue weighted by Crippen LogP contribution is -2.62. The summed E-state index contributed by atoms with van der Waals surface area (Å²) in [6, 6.07) is 2.80. The van der Waals surface area contributed by atoms with Crippen molar-refractivity contribution in [2.75, 3.05) is 0 Å². The molecule has 4 saturated carbocycles. The summed E-state index contributed by atoms with van der Waals surface area (Å²) in [6.07, 6.45) is 1.50. The van der Waals surface area contributed by atoms with Crippen molar-refractivity contribution in [1.82, 2.24) is 10.0 Å². The van der Waals surface area contributed by atoms with Crippen LogP contribution in [0.5, 0.6) is 0 Å². The Bertz CT molecular complexity index is 879. The number of hydrogen-bond acceptors (Lipinski definition) is 3. The molecular weight excluding hydrogens is 405 g/mol. The van der Waals surface area contributed by atoms with Crippen molar-refractivity contribution >= 4 is 15.9 Å². The van der Waals surface area contributed by atoms with E-state index < -0.39 is 38.6 Å². The summed E-state index contributed by atoms with van der Waals surface area (Å²) in [4.78, 5) is 11.9. The first-order valence-electron chi connectivity index (χ1n) is 9.98. The number of carbonyl (C=O) groups excluding carboxylic acids is 1. The predicted octanol–water partition coefficient (Wildman–Crippen LogP) is 3.46. The molecule has 5 nitrogen and oxygen atoms in total. The number of carbonyl (C=O) groups is 1. The minimum absolute atomic E-state index is 0.296. The quantitative estimate of drug-likeness (QED) is 0.751. The Morgan fingerprint density at radius 3 is 2.10 bits per heavy atom. The van der Waals surface area contributed by atoms with Crippen molar-refractivity contribution < 1.29 is 26.4 Å². The second kappa shape index (κ2) is 6.97. The van der Waals surface area contributed by atoms with Crippen LogP contribution in [0.25, 0.3) is 0 Å². The zero-order valence-electron chi connectivity index (χ0n) is 16.1. The molecule has 29 heavy (non-hydrogen) atoms. The number of nitrogens with one attached hydrogen (secondary N) is 2. The molecule has 0 saturated heterocycles. The van der Waals surface area contributed by atoms with E-state index in [9.17, 15) is 26.4 Å². The van der Waals surface area contributed by atoms with Crippen molar-refractivity contribution in [3.63, 3.8) is 0 Å². The van der Waals surface area contributed by atoms with Gasteiger partial charge in [0, 0.05) is 5.54 Å². The van der Waals surface area contributed by atoms with E-state index in [0.29, 0.717) is 17.8 Å². The van der Waals surface area contributed by atoms with E-state index in [2.05, 4.69) is 10.0 Å². The van der Waals surface area contributed by atoms with Gasteiger partial charge in [0.2, 0.25) is 15.9 Å². The summed E-state index contributed by atoms with van der Waals surface area (Å²) in [5.41, 5.74) is -1.55. The van der Waals surface area contributed by atoms with Crippen LogP contribution in [0.3, 0.4) is 0 Å². The van der Waals surface area contributed by atoms with Gasteiger partial charge in [-0.3, -0.25) is 4.79 Å². The smallest absolute Gasteiger partial charge is 0.349 e. The summed E-state index contributed by atoms with van der Waals surface area (Å²) < 4.78 is 66.9. The molecule has 0 aliphatic heterocycles. The van der Waals surface area contributed by atoms with Crippen LogP contribution in [-0.2, 0) is 21.0 Å². The number of rotatable bonds is 5. The standard InChI is InChI=1S/C20H25F3N2O3S/c1-12(25-29(27,28)17-5-3-2-4-16(17)20(21,22)23)18(26)24-19-9-13-6-14(10-19)8-15(7-13)11-19/h2-5,12-15,25H,6-11H2,1H3,(H,24,26)/t12-,13?,14?,15?,19?/m0/s1. The molecule has 5 rings (SSSR count). The lowest BCUT2D eigenvalue weighted by atomic mass is 9.53. The molecule has 4 aliphatic rings. The van der Waals surface area contributed by atoms with Crippen LogP contribution in [0.15, 0.2) is 29.2 Å². The zero-order chi connectivity index (χ0) is 21.0. The molecule has 0 spiro atoms. The average molecular weight is 430 g/mol. The number of alkyl halides is 3. The van der Waals surface area contributed by atoms with Crippen LogP contribution >= 0.6 is 0 Å². The average Bonchev–Trinajstić information content (AvgIpc) is 2.59. The Morgan fingerprint density at radius 2 is 1.59 bits per heavy atom. The third-order valence-electron chi connectivity index (χ3n) is 6.63. The van der Waals surface area contributed by atoms with Crippen LogP contribution < -0.4 is 10.0 Å². The maximum Gasteiger partial charge on any atom is 0.417 e. The maximum absolute atomic E-state index is 13.2. The van der Waals surface area contributed by atoms with Crippen molar-refractivity contribution in [2.45, 2.75) is 68.1 Å². The van der Waals surface area contributed by atoms with Gasteiger partial charge >= 0.3 is 6.18 Å². The molecule has 9 heteroatoms. The Kier molecular flexibility index (Phi) is 4.97. The molecule has 2 N–H and O–H groups in total. The zero-order valence-corrected chi connectivity index (χ0v) is 16.9. The van der Waals surface area contributed by atoms with Gasteiger partial charge < -0.3 is 5.32 Å². The third kappa shape index (κ3) is 4.03. The first kappa shape index (κ1) is 20.7. The van der Waals surface area contributed by atoms with Crippen molar-refractivity contribution in [2.24, 2.45) is 17.8 Å². The summed E-state index contributed by atoms with van der Waals surface area (Å²) in [5.74, 6) is 1.33. The Hall–Kier alpha value is -1.61. The lowest BCUT2D eigenvalue weighted by molar-refractivity contribution is -0.139. The van der Waals surface area contributed by atoms with Gasteiger partial charge in [0.15, 0.2) is 0 Å². The molecule has 1 atom stereocenters. The summed E-state index contributed by atoms with van der Waals surface area (Å²) in [7, 11) is -4.52. The van der Waals surface area contributed by atoms with Crippen LogP contribution in [0.1, 0.15) is 51.0 Å². The van der Waals surface area contributed by atoms with Gasteiger partial charge in [-0.1, -0.05) is 12.1 Å². The van der Waals surface area contributed by atoms with Gasteiger partial charge in [0.05, 0.1) is 16.5 Å². The van der Waals surface area contributed by atoms with Gasteiger partial charge in [0.25, 0.3) is 0 Å². The molecule has 0 heterocycles. The number of hydrogen-bond donors (Lipinski definition) is 2. The molecular formula is C20H25F3N2O3S. The predicted molar refractivity (Wildman–Crippen MR) is 100 cm³/mol. The minimum Gasteiger partial charge on any atom is -0.349 e. The van der Waals surface area contributed by atoms with E-state index >= 15 is 0 Å². The summed E-state index contributed by atoms with van der Waals surface area (Å²) >= 11 is 0. The van der Waals surface area contributed by atoms with Gasteiger partial charge in [-0.25, -0.2) is 8.42 Å². The second-order valence-electron chi connectivity index (χ2n) is 9.02. The highest BCUT2D eigenvalue weighted by Gasteiger charge is 2.51. The van der Waals surface area contributed by atoms with Gasteiger partial charge in [-0.15, -0.1) is 0 Å². The van der Waals surface area contributed by atoms with Gasteiger partial charge in [0.1, 0.15) is 0 Å². The highest BCUT2D eigenvalue weighted by Crippen LogP contribution is 2.55. The maximum atomic E-state index is 13.2. The molecule has 4 fully saturated rings. The van der Waals surface area contributed by atoms with E-state index in [1.165, 1.54) is 32.3 Å². The van der Waals surface area contributed by atoms with E-state index in [4.69, 9.17) is 0 Å². The second-order valence-corrected chi connectivity index (χ2v) is 10.7. The van der Waals surface area contributed by atoms with E-state index in [1.54, 1.807) is 0 Å². The third-order valence-corrected chi connectivity index (χ3v) is 8.23. The van der Waals surface area contributed by atoms with E-state index in [0.717, 1.165) is 37.5 Å². The Morgan fingerprint density at radius 1 is 1.07 bits per heavy atom. The highest BCUT2D eigenvalue weighted by molar-refractivity contribution is 7.89. The molecule has 0 aromatic heterocycles. The number of benzene rings is 1. The molecule has 4 bridgehead atoms. The topological polar surface area (TPSA) is 75.3 Å². The largest absolute Gasteiger partial charge is 0.417 e. The Balaban J connectivity index is 1.48. The fourth-order valence-corrected chi connectivity index (χ4v) is 7.35. The number of sulfonamides is 1. The fraction of sp³-hybridized carbons (Fsp3) is 0.650. The molecule has 1 aromatic rings. The van der Waals surface area contributed by atoms with Crippen molar-refractivity contribution in [1.29, 1.82) is 0 Å². The Labute approximate surface area is 168 Å². The van der Waals surface area contributed by atoms with Crippen LogP contribution in [-0.4, -0.2) is 25.9 Å². The summed E-state index contributed by atoms with van der Waals surface area (Å²) in [5, 5.41) is 3.06. The van der Waals surface area contributed by atoms with Crippen molar-refractivity contribution in [3.05, 3.63) is 29.8 Å². The molecule has 1 amide bonds. The fourth-order valence-electron chi connectivity index (χ4n) is 5.92. The molecule has 1 aromatic carbocycles. The van der Waals surface area contributed by atoms with E-state index in [-0.39, 0.29) is 5.54 Å². The normalized spacial score (nSPS) is 32.2. The van der Waals surface area contributed by atoms with E-state index in [1.807, 2.05) is 0 Å². The number of halogens is 3. The summed E-state index contributed by atoms with van der Waals surface area (Å²) in [6.45, 7) is 1.36. The van der Waals surface area contributed by atoms with Crippen LogP contribution in [0.4, 0.5) is 13.2 Å². The number of amides is 1. The lowest BCUT2D eigenvalue weighted by Gasteiger charge is -2.57. The highest BCUT2D eigenvalue weighted by atomic mass is 32.2. The first-order valence-corrected chi connectivity index (χ1v) is 11.5. The monoisotopic (exact) mass is 430 g/mol. The first-order chi connectivity index (χ1) is 13.5. The van der Waals surface area contributed by atoms with Gasteiger partial charge in [-0.2, -0.15) is 17.9 Å². The van der Waals surface area contributed by atoms with Gasteiger partial charge in [-0.05, 0) is 75.3 Å². The van der Waals surface area contributed by atoms with Crippen LogP contribution in [0.2, 0.25) is 0 Å². The molecule has 160 valence electrons. The van der Waals surface area contributed by atoms with Crippen molar-refractivity contribution in [3.8, 4) is 0 Å². The molecule has 0 unspecified atom stereocenters. The SMILES string of the molecule is C[C@H](NS(=O)(=O)c1ccccc1C(F)(F)F)C(=O)NC12CC3CC(CC(C3)C1)C2. The molecule has 0 radical (unpaired) electrons.